The second-order valence-electron chi connectivity index (χ2n) is 8.07. The zero-order valence-corrected chi connectivity index (χ0v) is 18.3. The Kier molecular flexibility index (Phi) is 7.61. The van der Waals surface area contributed by atoms with Crippen LogP contribution >= 0.6 is 0 Å². The standard InChI is InChI=1S/C18H29N5O6S/c1-18(2,3)29-17(24)22-11-9-21(10-12-22)8-4-7-20-15-6-5-14(30(19,27)28)13-16(15)23(25)26/h5-6,13,20H,4,7-12H2,1-3H3,(H2,19,27,28). The Morgan fingerprint density at radius 1 is 1.27 bits per heavy atom. The smallest absolute Gasteiger partial charge is 0.410 e. The quantitative estimate of drug-likeness (QED) is 0.367. The van der Waals surface area contributed by atoms with Crippen molar-refractivity contribution < 1.29 is 22.9 Å². The lowest BCUT2D eigenvalue weighted by atomic mass is 10.2. The summed E-state index contributed by atoms with van der Waals surface area (Å²) in [7, 11) is -4.01. The predicted octanol–water partition coefficient (Wildman–Crippen LogP) is 1.60. The summed E-state index contributed by atoms with van der Waals surface area (Å²) < 4.78 is 28.1. The minimum absolute atomic E-state index is 0.238. The third-order valence-corrected chi connectivity index (χ3v) is 5.40. The Hall–Kier alpha value is -2.44. The molecule has 12 heteroatoms. The van der Waals surface area contributed by atoms with Gasteiger partial charge in [-0.1, -0.05) is 0 Å². The molecule has 30 heavy (non-hydrogen) atoms. The molecule has 3 N–H and O–H groups in total. The van der Waals surface area contributed by atoms with Gasteiger partial charge >= 0.3 is 6.09 Å². The van der Waals surface area contributed by atoms with Crippen LogP contribution in [0.4, 0.5) is 16.2 Å². The Bertz CT molecular complexity index is 876. The number of anilines is 1. The third kappa shape index (κ3) is 7.11. The number of benzene rings is 1. The number of amides is 1. The molecule has 1 saturated heterocycles. The number of nitrogens with zero attached hydrogens (tertiary/aromatic N) is 3. The van der Waals surface area contributed by atoms with Gasteiger partial charge in [-0.3, -0.25) is 15.0 Å². The molecule has 0 aliphatic carbocycles. The van der Waals surface area contributed by atoms with E-state index in [4.69, 9.17) is 9.88 Å². The van der Waals surface area contributed by atoms with Crippen LogP contribution in [0.2, 0.25) is 0 Å². The van der Waals surface area contributed by atoms with Crippen molar-refractivity contribution in [2.45, 2.75) is 37.7 Å². The van der Waals surface area contributed by atoms with Gasteiger partial charge < -0.3 is 15.0 Å². The first-order valence-corrected chi connectivity index (χ1v) is 11.2. The summed E-state index contributed by atoms with van der Waals surface area (Å²) in [6.45, 7) is 9.36. The van der Waals surface area contributed by atoms with Crippen molar-refractivity contribution in [2.75, 3.05) is 44.6 Å². The molecule has 1 fully saturated rings. The van der Waals surface area contributed by atoms with Gasteiger partial charge in [0.15, 0.2) is 0 Å². The van der Waals surface area contributed by atoms with E-state index in [0.717, 1.165) is 32.1 Å². The van der Waals surface area contributed by atoms with E-state index in [2.05, 4.69) is 10.2 Å². The molecular formula is C18H29N5O6S. The van der Waals surface area contributed by atoms with Crippen LogP contribution in [0.1, 0.15) is 27.2 Å². The normalized spacial score (nSPS) is 15.7. The molecule has 1 heterocycles. The van der Waals surface area contributed by atoms with Crippen LogP contribution < -0.4 is 10.5 Å². The second-order valence-corrected chi connectivity index (χ2v) is 9.63. The van der Waals surface area contributed by atoms with Crippen LogP contribution in [0.25, 0.3) is 0 Å². The number of nitrogens with two attached hydrogens (primary N) is 1. The number of nitro groups is 1. The molecule has 0 saturated carbocycles. The van der Waals surface area contributed by atoms with Crippen LogP contribution in [-0.2, 0) is 14.8 Å². The highest BCUT2D eigenvalue weighted by molar-refractivity contribution is 7.89. The summed E-state index contributed by atoms with van der Waals surface area (Å²) in [4.78, 5) is 26.3. The van der Waals surface area contributed by atoms with Crippen molar-refractivity contribution in [1.82, 2.24) is 9.80 Å². The summed E-state index contributed by atoms with van der Waals surface area (Å²) in [5.41, 5.74) is -0.621. The van der Waals surface area contributed by atoms with Crippen LogP contribution in [0.3, 0.4) is 0 Å². The average molecular weight is 444 g/mol. The number of rotatable bonds is 7. The van der Waals surface area contributed by atoms with Crippen molar-refractivity contribution in [2.24, 2.45) is 5.14 Å². The first-order valence-electron chi connectivity index (χ1n) is 9.62. The third-order valence-electron chi connectivity index (χ3n) is 4.48. The molecule has 0 spiro atoms. The van der Waals surface area contributed by atoms with E-state index in [1.54, 1.807) is 4.90 Å². The van der Waals surface area contributed by atoms with Crippen LogP contribution in [0, 0.1) is 10.1 Å². The summed E-state index contributed by atoms with van der Waals surface area (Å²) in [5, 5.41) is 19.2. The SMILES string of the molecule is CC(C)(C)OC(=O)N1CCN(CCCNc2ccc(S(N)(=O)=O)cc2[N+](=O)[O-])CC1. The number of carbonyl (C=O) groups excluding carboxylic acids is 1. The summed E-state index contributed by atoms with van der Waals surface area (Å²) in [6.07, 6.45) is 0.416. The maximum absolute atomic E-state index is 12.1. The molecule has 1 aromatic carbocycles. The monoisotopic (exact) mass is 443 g/mol. The topological polar surface area (TPSA) is 148 Å². The second kappa shape index (κ2) is 9.58. The van der Waals surface area contributed by atoms with Crippen molar-refractivity contribution in [1.29, 1.82) is 0 Å². The molecule has 1 aromatic rings. The molecule has 2 rings (SSSR count). The van der Waals surface area contributed by atoms with Crippen molar-refractivity contribution >= 4 is 27.5 Å². The maximum Gasteiger partial charge on any atom is 0.410 e. The van der Waals surface area contributed by atoms with E-state index in [0.29, 0.717) is 19.6 Å². The first kappa shape index (κ1) is 23.8. The molecule has 0 bridgehead atoms. The van der Waals surface area contributed by atoms with Gasteiger partial charge in [-0.05, 0) is 45.9 Å². The fraction of sp³-hybridized carbons (Fsp3) is 0.611. The Labute approximate surface area is 176 Å². The number of carbonyl (C=O) groups is 1. The zero-order chi connectivity index (χ0) is 22.5. The zero-order valence-electron chi connectivity index (χ0n) is 17.5. The maximum atomic E-state index is 12.1. The van der Waals surface area contributed by atoms with Gasteiger partial charge in [0, 0.05) is 38.8 Å². The minimum Gasteiger partial charge on any atom is -0.444 e. The van der Waals surface area contributed by atoms with Gasteiger partial charge in [-0.25, -0.2) is 18.4 Å². The number of piperazine rings is 1. The van der Waals surface area contributed by atoms with Crippen molar-refractivity contribution in [3.05, 3.63) is 28.3 Å². The fourth-order valence-electron chi connectivity index (χ4n) is 3.00. The largest absolute Gasteiger partial charge is 0.444 e. The fourth-order valence-corrected chi connectivity index (χ4v) is 3.53. The van der Waals surface area contributed by atoms with Crippen molar-refractivity contribution in [3.8, 4) is 0 Å². The number of nitro benzene ring substituents is 1. The molecule has 168 valence electrons. The number of sulfonamides is 1. The highest BCUT2D eigenvalue weighted by Gasteiger charge is 2.25. The first-order chi connectivity index (χ1) is 13.9. The van der Waals surface area contributed by atoms with Gasteiger partial charge in [-0.2, -0.15) is 0 Å². The lowest BCUT2D eigenvalue weighted by Crippen LogP contribution is -2.50. The van der Waals surface area contributed by atoms with E-state index in [1.807, 2.05) is 20.8 Å². The average Bonchev–Trinajstić information content (AvgIpc) is 2.63. The Morgan fingerprint density at radius 3 is 2.43 bits per heavy atom. The van der Waals surface area contributed by atoms with E-state index in [9.17, 15) is 23.3 Å². The number of ether oxygens (including phenoxy) is 1. The lowest BCUT2D eigenvalue weighted by Gasteiger charge is -2.35. The molecule has 0 unspecified atom stereocenters. The van der Waals surface area contributed by atoms with Crippen LogP contribution in [0.5, 0.6) is 0 Å². The Balaban J connectivity index is 1.80. The highest BCUT2D eigenvalue weighted by Crippen LogP contribution is 2.27. The van der Waals surface area contributed by atoms with Gasteiger partial charge in [0.05, 0.1) is 9.82 Å². The van der Waals surface area contributed by atoms with Crippen LogP contribution in [-0.4, -0.2) is 74.1 Å². The molecule has 1 aliphatic heterocycles. The van der Waals surface area contributed by atoms with Crippen molar-refractivity contribution in [3.63, 3.8) is 0 Å². The van der Waals surface area contributed by atoms with Gasteiger partial charge in [0.25, 0.3) is 5.69 Å². The number of hydrogen-bond donors (Lipinski definition) is 2. The molecule has 1 amide bonds. The van der Waals surface area contributed by atoms with Crippen LogP contribution in [0.15, 0.2) is 23.1 Å². The summed E-state index contributed by atoms with van der Waals surface area (Å²) in [5.74, 6) is 0. The predicted molar refractivity (Wildman–Crippen MR) is 112 cm³/mol. The number of nitrogens with one attached hydrogen (secondary N) is 1. The van der Waals surface area contributed by atoms with E-state index in [-0.39, 0.29) is 22.4 Å². The highest BCUT2D eigenvalue weighted by atomic mass is 32.2. The summed E-state index contributed by atoms with van der Waals surface area (Å²) >= 11 is 0. The Morgan fingerprint density at radius 2 is 1.90 bits per heavy atom. The molecule has 0 radical (unpaired) electrons. The summed E-state index contributed by atoms with van der Waals surface area (Å²) in [6, 6.07) is 3.53. The van der Waals surface area contributed by atoms with Gasteiger partial charge in [0.2, 0.25) is 10.0 Å². The molecule has 11 nitrogen and oxygen atoms in total. The van der Waals surface area contributed by atoms with Gasteiger partial charge in [0.1, 0.15) is 11.3 Å². The molecular weight excluding hydrogens is 414 g/mol. The lowest BCUT2D eigenvalue weighted by molar-refractivity contribution is -0.384. The molecule has 0 aromatic heterocycles. The molecule has 1 aliphatic rings. The number of primary sulfonamides is 1. The van der Waals surface area contributed by atoms with E-state index < -0.39 is 20.5 Å². The minimum atomic E-state index is -4.01. The molecule has 0 atom stereocenters. The number of hydrogen-bond acceptors (Lipinski definition) is 8. The van der Waals surface area contributed by atoms with Gasteiger partial charge in [-0.15, -0.1) is 0 Å². The van der Waals surface area contributed by atoms with E-state index in [1.165, 1.54) is 12.1 Å². The van der Waals surface area contributed by atoms with E-state index >= 15 is 0 Å².